The molecule has 0 fully saturated rings. The van der Waals surface area contributed by atoms with E-state index in [0.717, 1.165) is 5.69 Å². The minimum atomic E-state index is -1.63. The number of hydrogen-bond donors (Lipinski definition) is 1. The second kappa shape index (κ2) is 9.72. The second-order valence-electron chi connectivity index (χ2n) is 8.49. The SMILES string of the molecule is COc1nc2ccc([C@@](O)(c3ccc(C)nc3C)c3cnnn3C)cc2c(Cl)c1OCc1ncccn1. The van der Waals surface area contributed by atoms with Crippen molar-refractivity contribution in [1.82, 2.24) is 34.9 Å². The number of rotatable bonds is 7. The first-order valence-electron chi connectivity index (χ1n) is 11.4. The quantitative estimate of drug-likeness (QED) is 0.344. The summed E-state index contributed by atoms with van der Waals surface area (Å²) in [5, 5.41) is 21.3. The first kappa shape index (κ1) is 24.5. The zero-order valence-corrected chi connectivity index (χ0v) is 21.4. The van der Waals surface area contributed by atoms with Crippen LogP contribution in [0.1, 0.15) is 34.0 Å². The highest BCUT2D eigenvalue weighted by Crippen LogP contribution is 2.43. The van der Waals surface area contributed by atoms with Gasteiger partial charge in [-0.1, -0.05) is 28.9 Å². The molecule has 0 unspecified atom stereocenters. The van der Waals surface area contributed by atoms with Gasteiger partial charge in [0.15, 0.2) is 11.4 Å². The maximum Gasteiger partial charge on any atom is 0.258 e. The van der Waals surface area contributed by atoms with Gasteiger partial charge >= 0.3 is 0 Å². The number of aryl methyl sites for hydroxylation is 3. The van der Waals surface area contributed by atoms with Gasteiger partial charge in [0.2, 0.25) is 5.75 Å². The van der Waals surface area contributed by atoms with E-state index in [0.29, 0.717) is 39.2 Å². The van der Waals surface area contributed by atoms with Crippen LogP contribution in [0.2, 0.25) is 5.02 Å². The van der Waals surface area contributed by atoms with Gasteiger partial charge in [-0.05, 0) is 43.7 Å². The standard InChI is InChI=1S/C26H24ClN7O3/c1-15-6-8-19(16(2)31-15)26(35,21-13-30-33-34(21)3)17-7-9-20-18(12-17)23(27)24(25(32-20)36-4)37-14-22-28-10-5-11-29-22/h5-13,35H,14H2,1-4H3/t26-/m1/s1. The van der Waals surface area contributed by atoms with E-state index in [1.54, 1.807) is 43.7 Å². The molecule has 1 atom stereocenters. The molecule has 5 rings (SSSR count). The van der Waals surface area contributed by atoms with Crippen LogP contribution in [0.4, 0.5) is 0 Å². The van der Waals surface area contributed by atoms with Crippen LogP contribution < -0.4 is 9.47 Å². The van der Waals surface area contributed by atoms with Crippen LogP contribution in [0.5, 0.6) is 11.6 Å². The predicted molar refractivity (Wildman–Crippen MR) is 136 cm³/mol. The minimum Gasteiger partial charge on any atom is -0.479 e. The number of halogens is 1. The predicted octanol–water partition coefficient (Wildman–Crippen LogP) is 3.69. The molecule has 0 saturated heterocycles. The van der Waals surface area contributed by atoms with Gasteiger partial charge in [0.05, 0.1) is 29.5 Å². The molecule has 0 saturated carbocycles. The molecule has 0 bridgehead atoms. The van der Waals surface area contributed by atoms with Crippen molar-refractivity contribution in [3.63, 3.8) is 0 Å². The molecule has 5 aromatic rings. The van der Waals surface area contributed by atoms with Crippen molar-refractivity contribution in [3.05, 3.63) is 94.0 Å². The normalized spacial score (nSPS) is 12.9. The number of methoxy groups -OCH3 is 1. The molecule has 10 nitrogen and oxygen atoms in total. The third kappa shape index (κ3) is 4.34. The van der Waals surface area contributed by atoms with E-state index in [-0.39, 0.29) is 23.3 Å². The largest absolute Gasteiger partial charge is 0.479 e. The lowest BCUT2D eigenvalue weighted by Crippen LogP contribution is -2.32. The molecular weight excluding hydrogens is 494 g/mol. The fourth-order valence-corrected chi connectivity index (χ4v) is 4.63. The summed E-state index contributed by atoms with van der Waals surface area (Å²) in [4.78, 5) is 17.5. The first-order chi connectivity index (χ1) is 17.8. The summed E-state index contributed by atoms with van der Waals surface area (Å²) in [6.45, 7) is 3.83. The van der Waals surface area contributed by atoms with Crippen molar-refractivity contribution in [3.8, 4) is 11.6 Å². The summed E-state index contributed by atoms with van der Waals surface area (Å²) in [6, 6.07) is 10.8. The molecule has 0 radical (unpaired) electrons. The highest BCUT2D eigenvalue weighted by molar-refractivity contribution is 6.37. The lowest BCUT2D eigenvalue weighted by Gasteiger charge is -2.30. The highest BCUT2D eigenvalue weighted by atomic mass is 35.5. The maximum atomic E-state index is 12.4. The Kier molecular flexibility index (Phi) is 6.45. The number of aliphatic hydroxyl groups is 1. The zero-order chi connectivity index (χ0) is 26.2. The van der Waals surface area contributed by atoms with Gasteiger partial charge in [-0.3, -0.25) is 4.98 Å². The number of benzene rings is 1. The Labute approximate surface area is 217 Å². The Hall–Kier alpha value is -4.15. The number of fused-ring (bicyclic) bond motifs is 1. The van der Waals surface area contributed by atoms with Crippen molar-refractivity contribution in [2.45, 2.75) is 26.1 Å². The van der Waals surface area contributed by atoms with E-state index in [4.69, 9.17) is 21.1 Å². The van der Waals surface area contributed by atoms with Crippen LogP contribution in [0.15, 0.2) is 55.0 Å². The van der Waals surface area contributed by atoms with Crippen molar-refractivity contribution < 1.29 is 14.6 Å². The molecule has 4 heterocycles. The van der Waals surface area contributed by atoms with Gasteiger partial charge in [-0.2, -0.15) is 0 Å². The number of nitrogens with zero attached hydrogens (tertiary/aromatic N) is 7. The van der Waals surface area contributed by atoms with Gasteiger partial charge in [-0.15, -0.1) is 5.10 Å². The topological polar surface area (TPSA) is 121 Å². The van der Waals surface area contributed by atoms with Crippen LogP contribution in [-0.2, 0) is 19.3 Å². The Morgan fingerprint density at radius 1 is 1.08 bits per heavy atom. The van der Waals surface area contributed by atoms with E-state index in [1.807, 2.05) is 26.0 Å². The number of aromatic nitrogens is 7. The lowest BCUT2D eigenvalue weighted by molar-refractivity contribution is 0.115. The van der Waals surface area contributed by atoms with Gasteiger partial charge in [-0.25, -0.2) is 19.6 Å². The fourth-order valence-electron chi connectivity index (χ4n) is 4.34. The Balaban J connectivity index is 1.68. The van der Waals surface area contributed by atoms with Crippen molar-refractivity contribution in [2.75, 3.05) is 7.11 Å². The first-order valence-corrected chi connectivity index (χ1v) is 11.8. The average Bonchev–Trinajstić information content (AvgIpc) is 3.34. The van der Waals surface area contributed by atoms with Crippen LogP contribution in [0.25, 0.3) is 10.9 Å². The van der Waals surface area contributed by atoms with Crippen LogP contribution in [0, 0.1) is 13.8 Å². The van der Waals surface area contributed by atoms with Crippen LogP contribution >= 0.6 is 11.6 Å². The van der Waals surface area contributed by atoms with E-state index < -0.39 is 5.60 Å². The molecule has 0 aliphatic heterocycles. The Morgan fingerprint density at radius 3 is 2.54 bits per heavy atom. The maximum absolute atomic E-state index is 12.4. The van der Waals surface area contributed by atoms with Gasteiger partial charge < -0.3 is 14.6 Å². The molecule has 0 aliphatic carbocycles. The Morgan fingerprint density at radius 2 is 1.86 bits per heavy atom. The van der Waals surface area contributed by atoms with Crippen LogP contribution in [-0.4, -0.2) is 47.1 Å². The van der Waals surface area contributed by atoms with Crippen molar-refractivity contribution in [1.29, 1.82) is 0 Å². The molecule has 37 heavy (non-hydrogen) atoms. The van der Waals surface area contributed by atoms with E-state index in [2.05, 4.69) is 30.2 Å². The molecule has 188 valence electrons. The monoisotopic (exact) mass is 517 g/mol. The van der Waals surface area contributed by atoms with E-state index in [1.165, 1.54) is 18.0 Å². The third-order valence-electron chi connectivity index (χ3n) is 6.12. The fraction of sp³-hybridized carbons (Fsp3) is 0.231. The van der Waals surface area contributed by atoms with Crippen molar-refractivity contribution >= 4 is 22.5 Å². The zero-order valence-electron chi connectivity index (χ0n) is 20.7. The van der Waals surface area contributed by atoms with E-state index >= 15 is 0 Å². The molecule has 1 aromatic carbocycles. The van der Waals surface area contributed by atoms with Gasteiger partial charge in [0, 0.05) is 41.8 Å². The van der Waals surface area contributed by atoms with Gasteiger partial charge in [0.25, 0.3) is 5.88 Å². The number of hydrogen-bond acceptors (Lipinski definition) is 9. The van der Waals surface area contributed by atoms with E-state index in [9.17, 15) is 5.11 Å². The van der Waals surface area contributed by atoms with Crippen molar-refractivity contribution in [2.24, 2.45) is 7.05 Å². The number of ether oxygens (including phenoxy) is 2. The summed E-state index contributed by atoms with van der Waals surface area (Å²) < 4.78 is 12.9. The van der Waals surface area contributed by atoms with Gasteiger partial charge in [0.1, 0.15) is 6.61 Å². The third-order valence-corrected chi connectivity index (χ3v) is 6.50. The number of pyridine rings is 2. The summed E-state index contributed by atoms with van der Waals surface area (Å²) in [5.41, 5.74) is 2.06. The molecule has 0 amide bonds. The molecular formula is C26H24ClN7O3. The summed E-state index contributed by atoms with van der Waals surface area (Å²) in [7, 11) is 3.22. The molecule has 0 aliphatic rings. The molecule has 4 aromatic heterocycles. The summed E-state index contributed by atoms with van der Waals surface area (Å²) in [6.07, 6.45) is 4.79. The molecule has 1 N–H and O–H groups in total. The minimum absolute atomic E-state index is 0.0721. The summed E-state index contributed by atoms with van der Waals surface area (Å²) in [5.74, 6) is 0.959. The highest BCUT2D eigenvalue weighted by Gasteiger charge is 2.39. The Bertz CT molecular complexity index is 1590. The second-order valence-corrected chi connectivity index (χ2v) is 8.87. The van der Waals surface area contributed by atoms with Crippen LogP contribution in [0.3, 0.4) is 0 Å². The molecule has 0 spiro atoms. The summed E-state index contributed by atoms with van der Waals surface area (Å²) >= 11 is 6.86. The smallest absolute Gasteiger partial charge is 0.258 e. The molecule has 11 heteroatoms. The average molecular weight is 518 g/mol. The lowest BCUT2D eigenvalue weighted by atomic mass is 9.82.